The molecule has 0 atom stereocenters. The largest absolute Gasteiger partial charge is 0.383 e. The summed E-state index contributed by atoms with van der Waals surface area (Å²) in [6, 6.07) is 29.1. The molecule has 0 unspecified atom stereocenters. The van der Waals surface area contributed by atoms with Gasteiger partial charge in [-0.2, -0.15) is 0 Å². The molecule has 0 saturated heterocycles. The van der Waals surface area contributed by atoms with Crippen molar-refractivity contribution < 1.29 is 0 Å². The van der Waals surface area contributed by atoms with Crippen LogP contribution in [0.15, 0.2) is 84.9 Å². The Morgan fingerprint density at radius 1 is 0.692 bits per heavy atom. The molecule has 0 radical (unpaired) electrons. The molecule has 3 heteroatoms. The van der Waals surface area contributed by atoms with E-state index in [1.807, 2.05) is 24.3 Å². The van der Waals surface area contributed by atoms with E-state index in [0.29, 0.717) is 11.7 Å². The van der Waals surface area contributed by atoms with Gasteiger partial charge in [-0.05, 0) is 29.7 Å². The Balaban J connectivity index is 1.63. The van der Waals surface area contributed by atoms with E-state index in [0.717, 1.165) is 29.6 Å². The van der Waals surface area contributed by atoms with E-state index in [1.165, 1.54) is 11.1 Å². The molecule has 3 nitrogen and oxygen atoms in total. The lowest BCUT2D eigenvalue weighted by atomic mass is 9.87. The number of rotatable bonds is 5. The number of hydrogen-bond acceptors (Lipinski definition) is 3. The van der Waals surface area contributed by atoms with Crippen LogP contribution in [0.2, 0.25) is 0 Å². The van der Waals surface area contributed by atoms with Crippen molar-refractivity contribution in [2.24, 2.45) is 0 Å². The fourth-order valence-electron chi connectivity index (χ4n) is 3.43. The first-order chi connectivity index (χ1) is 12.8. The maximum Gasteiger partial charge on any atom is 0.135 e. The van der Waals surface area contributed by atoms with Crippen molar-refractivity contribution in [1.29, 1.82) is 0 Å². The number of anilines is 1. The molecule has 1 heterocycles. The Morgan fingerprint density at radius 3 is 1.92 bits per heavy atom. The minimum atomic E-state index is 0.314. The number of nitrogens with two attached hydrogens (primary N) is 1. The maximum atomic E-state index is 6.13. The first-order valence-electron chi connectivity index (χ1n) is 8.92. The van der Waals surface area contributed by atoms with Crippen LogP contribution in [0, 0.1) is 0 Å². The summed E-state index contributed by atoms with van der Waals surface area (Å²) in [6.45, 7) is 0. The molecule has 0 saturated carbocycles. The van der Waals surface area contributed by atoms with Crippen LogP contribution in [-0.2, 0) is 6.42 Å². The predicted molar refractivity (Wildman–Crippen MR) is 107 cm³/mol. The van der Waals surface area contributed by atoms with Gasteiger partial charge in [0.1, 0.15) is 11.6 Å². The lowest BCUT2D eigenvalue weighted by Crippen LogP contribution is -2.06. The Kier molecular flexibility index (Phi) is 4.61. The van der Waals surface area contributed by atoms with Gasteiger partial charge >= 0.3 is 0 Å². The summed E-state index contributed by atoms with van der Waals surface area (Å²) in [5, 5.41) is 0.916. The van der Waals surface area contributed by atoms with Crippen LogP contribution in [0.1, 0.15) is 29.3 Å². The average molecular weight is 339 g/mol. The topological polar surface area (TPSA) is 51.8 Å². The average Bonchev–Trinajstić information content (AvgIpc) is 2.70. The van der Waals surface area contributed by atoms with Gasteiger partial charge in [0.25, 0.3) is 0 Å². The third-order valence-corrected chi connectivity index (χ3v) is 4.74. The van der Waals surface area contributed by atoms with Gasteiger partial charge in [-0.3, -0.25) is 0 Å². The van der Waals surface area contributed by atoms with Gasteiger partial charge in [0.05, 0.1) is 5.52 Å². The van der Waals surface area contributed by atoms with E-state index in [-0.39, 0.29) is 0 Å². The molecule has 0 fully saturated rings. The zero-order valence-electron chi connectivity index (χ0n) is 14.5. The summed E-state index contributed by atoms with van der Waals surface area (Å²) in [5.74, 6) is 1.67. The number of aromatic nitrogens is 2. The number of hydrogen-bond donors (Lipinski definition) is 1. The van der Waals surface area contributed by atoms with Crippen LogP contribution in [0.4, 0.5) is 5.82 Å². The van der Waals surface area contributed by atoms with Crippen LogP contribution < -0.4 is 5.73 Å². The third kappa shape index (κ3) is 3.42. The minimum Gasteiger partial charge on any atom is -0.383 e. The number of nitrogens with zero attached hydrogens (tertiary/aromatic N) is 2. The Hall–Kier alpha value is -3.20. The van der Waals surface area contributed by atoms with E-state index >= 15 is 0 Å². The first kappa shape index (κ1) is 16.3. The summed E-state index contributed by atoms with van der Waals surface area (Å²) in [6.07, 6.45) is 1.72. The van der Waals surface area contributed by atoms with E-state index in [9.17, 15) is 0 Å². The molecular formula is C23H21N3. The summed E-state index contributed by atoms with van der Waals surface area (Å²) in [5.41, 5.74) is 9.67. The minimum absolute atomic E-state index is 0.314. The third-order valence-electron chi connectivity index (χ3n) is 4.74. The van der Waals surface area contributed by atoms with Crippen molar-refractivity contribution in [3.8, 4) is 0 Å². The molecule has 0 amide bonds. The summed E-state index contributed by atoms with van der Waals surface area (Å²) >= 11 is 0. The number of fused-ring (bicyclic) bond motifs is 1. The molecule has 0 bridgehead atoms. The van der Waals surface area contributed by atoms with Gasteiger partial charge in [-0.15, -0.1) is 0 Å². The van der Waals surface area contributed by atoms with Gasteiger partial charge in [-0.25, -0.2) is 9.97 Å². The first-order valence-corrected chi connectivity index (χ1v) is 8.92. The monoisotopic (exact) mass is 339 g/mol. The van der Waals surface area contributed by atoms with Gasteiger partial charge in [0.2, 0.25) is 0 Å². The quantitative estimate of drug-likeness (QED) is 0.558. The fraction of sp³-hybridized carbons (Fsp3) is 0.130. The molecule has 3 aromatic carbocycles. The standard InChI is InChI=1S/C23H21N3/c24-23-20-13-7-8-14-21(20)25-22(26-23)16-15-19(17-9-3-1-4-10-17)18-11-5-2-6-12-18/h1-14,19H,15-16H2,(H2,24,25,26). The van der Waals surface area contributed by atoms with Gasteiger partial charge in [0.15, 0.2) is 0 Å². The van der Waals surface area contributed by atoms with E-state index < -0.39 is 0 Å². The molecule has 0 spiro atoms. The van der Waals surface area contributed by atoms with E-state index in [4.69, 9.17) is 10.7 Å². The SMILES string of the molecule is Nc1nc(CCC(c2ccccc2)c2ccccc2)nc2ccccc12. The Labute approximate surface area is 153 Å². The van der Waals surface area contributed by atoms with Crippen LogP contribution in [0.25, 0.3) is 10.9 Å². The number of nitrogen functional groups attached to an aromatic ring is 1. The highest BCUT2D eigenvalue weighted by atomic mass is 14.9. The fourth-order valence-corrected chi connectivity index (χ4v) is 3.43. The Morgan fingerprint density at radius 2 is 1.27 bits per heavy atom. The highest BCUT2D eigenvalue weighted by Gasteiger charge is 2.15. The van der Waals surface area contributed by atoms with Crippen LogP contribution in [0.5, 0.6) is 0 Å². The zero-order valence-corrected chi connectivity index (χ0v) is 14.5. The maximum absolute atomic E-state index is 6.13. The highest BCUT2D eigenvalue weighted by Crippen LogP contribution is 2.29. The number of benzene rings is 3. The van der Waals surface area contributed by atoms with Crippen molar-refractivity contribution in [2.75, 3.05) is 5.73 Å². The molecule has 4 aromatic rings. The predicted octanol–water partition coefficient (Wildman–Crippen LogP) is 4.98. The smallest absolute Gasteiger partial charge is 0.135 e. The van der Waals surface area contributed by atoms with E-state index in [1.54, 1.807) is 0 Å². The lowest BCUT2D eigenvalue weighted by molar-refractivity contribution is 0.693. The number of aryl methyl sites for hydroxylation is 1. The van der Waals surface area contributed by atoms with Gasteiger partial charge in [0, 0.05) is 17.7 Å². The van der Waals surface area contributed by atoms with Crippen molar-refractivity contribution in [3.05, 3.63) is 102 Å². The number of para-hydroxylation sites is 1. The zero-order chi connectivity index (χ0) is 17.8. The second-order valence-electron chi connectivity index (χ2n) is 6.45. The van der Waals surface area contributed by atoms with Gasteiger partial charge < -0.3 is 5.73 Å². The second-order valence-corrected chi connectivity index (χ2v) is 6.45. The summed E-state index contributed by atoms with van der Waals surface area (Å²) in [4.78, 5) is 9.23. The molecule has 1 aromatic heterocycles. The van der Waals surface area contributed by atoms with E-state index in [2.05, 4.69) is 65.6 Å². The normalized spacial score (nSPS) is 11.1. The Bertz CT molecular complexity index is 958. The molecule has 0 aliphatic rings. The van der Waals surface area contributed by atoms with Crippen molar-refractivity contribution in [3.63, 3.8) is 0 Å². The second kappa shape index (κ2) is 7.36. The molecule has 2 N–H and O–H groups in total. The highest BCUT2D eigenvalue weighted by molar-refractivity contribution is 5.87. The summed E-state index contributed by atoms with van der Waals surface area (Å²) in [7, 11) is 0. The lowest BCUT2D eigenvalue weighted by Gasteiger charge is -2.18. The summed E-state index contributed by atoms with van der Waals surface area (Å²) < 4.78 is 0. The van der Waals surface area contributed by atoms with Crippen LogP contribution in [-0.4, -0.2) is 9.97 Å². The van der Waals surface area contributed by atoms with Crippen molar-refractivity contribution in [2.45, 2.75) is 18.8 Å². The molecule has 26 heavy (non-hydrogen) atoms. The molecule has 128 valence electrons. The molecule has 0 aliphatic carbocycles. The van der Waals surface area contributed by atoms with Crippen molar-refractivity contribution >= 4 is 16.7 Å². The van der Waals surface area contributed by atoms with Crippen molar-refractivity contribution in [1.82, 2.24) is 9.97 Å². The molecular weight excluding hydrogens is 318 g/mol. The molecule has 4 rings (SSSR count). The van der Waals surface area contributed by atoms with Crippen LogP contribution >= 0.6 is 0 Å². The van der Waals surface area contributed by atoms with Crippen LogP contribution in [0.3, 0.4) is 0 Å². The molecule has 0 aliphatic heterocycles. The van der Waals surface area contributed by atoms with Gasteiger partial charge in [-0.1, -0.05) is 72.8 Å².